The van der Waals surface area contributed by atoms with E-state index in [-0.39, 0.29) is 5.56 Å². The molecule has 0 bridgehead atoms. The molecule has 0 radical (unpaired) electrons. The lowest BCUT2D eigenvalue weighted by molar-refractivity contribution is -0.274. The highest BCUT2D eigenvalue weighted by atomic mass is 32.1. The third-order valence-electron chi connectivity index (χ3n) is 3.83. The van der Waals surface area contributed by atoms with Crippen molar-refractivity contribution >= 4 is 11.3 Å². The molecule has 1 fully saturated rings. The number of halogens is 4. The van der Waals surface area contributed by atoms with Crippen LogP contribution in [0.15, 0.2) is 35.7 Å². The molecule has 3 rings (SSSR count). The fourth-order valence-electron chi connectivity index (χ4n) is 2.85. The van der Waals surface area contributed by atoms with E-state index in [1.54, 1.807) is 0 Å². The summed E-state index contributed by atoms with van der Waals surface area (Å²) in [5.74, 6) is -0.947. The van der Waals surface area contributed by atoms with Crippen molar-refractivity contribution in [3.8, 4) is 5.75 Å². The zero-order chi connectivity index (χ0) is 17.2. The van der Waals surface area contributed by atoms with Gasteiger partial charge < -0.3 is 10.1 Å². The first-order valence-electron chi connectivity index (χ1n) is 7.47. The van der Waals surface area contributed by atoms with E-state index < -0.39 is 24.0 Å². The first-order chi connectivity index (χ1) is 11.4. The van der Waals surface area contributed by atoms with Crippen molar-refractivity contribution in [2.45, 2.75) is 12.4 Å². The minimum absolute atomic E-state index is 0.195. The average Bonchev–Trinajstić information content (AvgIpc) is 3.04. The summed E-state index contributed by atoms with van der Waals surface area (Å²) in [6, 6.07) is 6.46. The molecule has 0 spiro atoms. The van der Waals surface area contributed by atoms with Crippen molar-refractivity contribution in [2.24, 2.45) is 0 Å². The summed E-state index contributed by atoms with van der Waals surface area (Å²) < 4.78 is 55.8. The van der Waals surface area contributed by atoms with Crippen LogP contribution >= 0.6 is 11.3 Å². The molecule has 1 aromatic heterocycles. The molecule has 2 aromatic rings. The van der Waals surface area contributed by atoms with Gasteiger partial charge in [0, 0.05) is 36.6 Å². The number of hydrogen-bond donors (Lipinski definition) is 1. The number of rotatable bonds is 4. The lowest BCUT2D eigenvalue weighted by Gasteiger charge is -2.35. The molecule has 1 atom stereocenters. The van der Waals surface area contributed by atoms with E-state index in [1.807, 2.05) is 17.5 Å². The van der Waals surface area contributed by atoms with Crippen molar-refractivity contribution in [3.63, 3.8) is 0 Å². The Kier molecular flexibility index (Phi) is 5.07. The normalized spacial score (nSPS) is 17.7. The van der Waals surface area contributed by atoms with E-state index >= 15 is 0 Å². The molecule has 0 aliphatic carbocycles. The number of alkyl halides is 3. The fraction of sp³-hybridized carbons (Fsp3) is 0.375. The van der Waals surface area contributed by atoms with Crippen LogP contribution in [0.1, 0.15) is 16.5 Å². The zero-order valence-corrected chi connectivity index (χ0v) is 13.5. The van der Waals surface area contributed by atoms with E-state index in [0.717, 1.165) is 36.2 Å². The van der Waals surface area contributed by atoms with Crippen LogP contribution in [-0.4, -0.2) is 37.4 Å². The maximum absolute atomic E-state index is 14.4. The number of nitrogens with one attached hydrogen (secondary N) is 1. The van der Waals surface area contributed by atoms with Gasteiger partial charge in [-0.15, -0.1) is 24.5 Å². The third-order valence-corrected chi connectivity index (χ3v) is 4.75. The van der Waals surface area contributed by atoms with Gasteiger partial charge in [-0.1, -0.05) is 6.07 Å². The molecule has 24 heavy (non-hydrogen) atoms. The molecule has 1 aliphatic heterocycles. The highest BCUT2D eigenvalue weighted by molar-refractivity contribution is 7.10. The number of piperazine rings is 1. The Labute approximate surface area is 140 Å². The van der Waals surface area contributed by atoms with Crippen LogP contribution in [0.5, 0.6) is 5.75 Å². The van der Waals surface area contributed by atoms with Crippen LogP contribution < -0.4 is 10.1 Å². The van der Waals surface area contributed by atoms with Gasteiger partial charge in [0.25, 0.3) is 0 Å². The van der Waals surface area contributed by atoms with Crippen LogP contribution in [0.2, 0.25) is 0 Å². The van der Waals surface area contributed by atoms with Crippen LogP contribution in [0.25, 0.3) is 0 Å². The fourth-order valence-corrected chi connectivity index (χ4v) is 3.72. The topological polar surface area (TPSA) is 24.5 Å². The summed E-state index contributed by atoms with van der Waals surface area (Å²) in [6.07, 6.45) is -4.80. The maximum atomic E-state index is 14.4. The lowest BCUT2D eigenvalue weighted by Crippen LogP contribution is -2.45. The second kappa shape index (κ2) is 7.08. The van der Waals surface area contributed by atoms with Crippen molar-refractivity contribution < 1.29 is 22.3 Å². The van der Waals surface area contributed by atoms with Gasteiger partial charge >= 0.3 is 6.36 Å². The molecule has 2 heterocycles. The van der Waals surface area contributed by atoms with Crippen molar-refractivity contribution in [2.75, 3.05) is 26.2 Å². The van der Waals surface area contributed by atoms with Crippen LogP contribution in [0, 0.1) is 5.82 Å². The molecular formula is C16H16F4N2OS. The SMILES string of the molecule is Fc1ccc(OC(F)(F)F)cc1[C@H](c1cccs1)N1CCNCC1. The van der Waals surface area contributed by atoms with Crippen LogP contribution in [-0.2, 0) is 0 Å². The highest BCUT2D eigenvalue weighted by Crippen LogP contribution is 2.36. The third kappa shape index (κ3) is 4.06. The van der Waals surface area contributed by atoms with Gasteiger partial charge in [-0.2, -0.15) is 0 Å². The largest absolute Gasteiger partial charge is 0.573 e. The number of hydrogen-bond acceptors (Lipinski definition) is 4. The van der Waals surface area contributed by atoms with E-state index in [2.05, 4.69) is 15.0 Å². The van der Waals surface area contributed by atoms with Gasteiger partial charge in [-0.25, -0.2) is 4.39 Å². The summed E-state index contributed by atoms with van der Waals surface area (Å²) in [5, 5.41) is 5.09. The Hall–Kier alpha value is -1.64. The maximum Gasteiger partial charge on any atom is 0.573 e. The second-order valence-electron chi connectivity index (χ2n) is 5.44. The molecule has 1 aromatic carbocycles. The van der Waals surface area contributed by atoms with Gasteiger partial charge in [0.1, 0.15) is 11.6 Å². The summed E-state index contributed by atoms with van der Waals surface area (Å²) in [5.41, 5.74) is 0.195. The van der Waals surface area contributed by atoms with Crippen molar-refractivity contribution in [3.05, 3.63) is 52.0 Å². The number of nitrogens with zero attached hydrogens (tertiary/aromatic N) is 1. The number of ether oxygens (including phenoxy) is 1. The van der Waals surface area contributed by atoms with Gasteiger partial charge in [-0.05, 0) is 29.6 Å². The predicted molar refractivity (Wildman–Crippen MR) is 83.7 cm³/mol. The summed E-state index contributed by atoms with van der Waals surface area (Å²) >= 11 is 1.46. The summed E-state index contributed by atoms with van der Waals surface area (Å²) in [4.78, 5) is 2.96. The molecule has 1 saturated heterocycles. The standard InChI is InChI=1S/C16H16F4N2OS/c17-13-4-3-11(23-16(18,19)20)10-12(13)15(14-2-1-9-24-14)22-7-5-21-6-8-22/h1-4,9-10,15,21H,5-8H2/t15-/m1/s1. The number of thiophene rings is 1. The van der Waals surface area contributed by atoms with Gasteiger partial charge in [0.05, 0.1) is 6.04 Å². The minimum atomic E-state index is -4.80. The molecule has 3 nitrogen and oxygen atoms in total. The Morgan fingerprint density at radius 2 is 1.92 bits per heavy atom. The minimum Gasteiger partial charge on any atom is -0.406 e. The molecule has 0 unspecified atom stereocenters. The van der Waals surface area contributed by atoms with E-state index in [4.69, 9.17) is 0 Å². The van der Waals surface area contributed by atoms with E-state index in [9.17, 15) is 17.6 Å². The quantitative estimate of drug-likeness (QED) is 0.840. The van der Waals surface area contributed by atoms with Crippen molar-refractivity contribution in [1.29, 1.82) is 0 Å². The predicted octanol–water partition coefficient (Wildman–Crippen LogP) is 3.78. The Morgan fingerprint density at radius 3 is 2.54 bits per heavy atom. The zero-order valence-electron chi connectivity index (χ0n) is 12.6. The summed E-state index contributed by atoms with van der Waals surface area (Å²) in [7, 11) is 0. The Balaban J connectivity index is 1.99. The molecule has 0 saturated carbocycles. The Bertz CT molecular complexity index is 669. The van der Waals surface area contributed by atoms with E-state index in [1.165, 1.54) is 11.3 Å². The molecule has 1 aliphatic rings. The van der Waals surface area contributed by atoms with Crippen LogP contribution in [0.3, 0.4) is 0 Å². The second-order valence-corrected chi connectivity index (χ2v) is 6.41. The van der Waals surface area contributed by atoms with Gasteiger partial charge in [0.2, 0.25) is 0 Å². The van der Waals surface area contributed by atoms with Gasteiger partial charge in [0.15, 0.2) is 0 Å². The van der Waals surface area contributed by atoms with Gasteiger partial charge in [-0.3, -0.25) is 4.90 Å². The monoisotopic (exact) mass is 360 g/mol. The van der Waals surface area contributed by atoms with E-state index in [0.29, 0.717) is 13.1 Å². The molecule has 0 amide bonds. The van der Waals surface area contributed by atoms with Crippen molar-refractivity contribution in [1.82, 2.24) is 10.2 Å². The highest BCUT2D eigenvalue weighted by Gasteiger charge is 2.33. The smallest absolute Gasteiger partial charge is 0.406 e. The Morgan fingerprint density at radius 1 is 1.17 bits per heavy atom. The van der Waals surface area contributed by atoms with Crippen LogP contribution in [0.4, 0.5) is 17.6 Å². The molecular weight excluding hydrogens is 344 g/mol. The first kappa shape index (κ1) is 17.2. The first-order valence-corrected chi connectivity index (χ1v) is 8.35. The molecule has 8 heteroatoms. The average molecular weight is 360 g/mol. The lowest BCUT2D eigenvalue weighted by atomic mass is 10.0. The number of benzene rings is 1. The molecule has 1 N–H and O–H groups in total. The molecule has 130 valence electrons. The summed E-state index contributed by atoms with van der Waals surface area (Å²) in [6.45, 7) is 2.88.